The minimum Gasteiger partial charge on any atom is -0.484 e. The third-order valence-corrected chi connectivity index (χ3v) is 4.68. The summed E-state index contributed by atoms with van der Waals surface area (Å²) < 4.78 is 33.7. The van der Waals surface area contributed by atoms with Gasteiger partial charge in [-0.15, -0.1) is 0 Å². The van der Waals surface area contributed by atoms with E-state index in [1.54, 1.807) is 12.1 Å². The van der Waals surface area contributed by atoms with E-state index in [9.17, 15) is 18.4 Å². The second-order valence-corrected chi connectivity index (χ2v) is 6.62. The highest BCUT2D eigenvalue weighted by atomic mass is 19.3. The van der Waals surface area contributed by atoms with Gasteiger partial charge in [-0.3, -0.25) is 9.59 Å². The van der Waals surface area contributed by atoms with E-state index in [1.807, 2.05) is 19.1 Å². The SMILES string of the molecule is Cc1ccccc1OCC(=O)N1CC(F)(F)CC2(CCNC2=O)C1. The maximum atomic E-state index is 14.1. The maximum Gasteiger partial charge on any atom is 0.266 e. The number of para-hydroxylation sites is 1. The van der Waals surface area contributed by atoms with E-state index in [0.717, 1.165) is 10.5 Å². The number of halogens is 2. The Hall–Kier alpha value is -2.18. The average Bonchev–Trinajstić information content (AvgIpc) is 2.84. The van der Waals surface area contributed by atoms with Crippen molar-refractivity contribution in [2.24, 2.45) is 5.41 Å². The minimum atomic E-state index is -3.07. The van der Waals surface area contributed by atoms with Gasteiger partial charge in [-0.25, -0.2) is 8.78 Å². The van der Waals surface area contributed by atoms with Crippen molar-refractivity contribution in [2.45, 2.75) is 25.7 Å². The quantitative estimate of drug-likeness (QED) is 0.913. The van der Waals surface area contributed by atoms with Crippen LogP contribution in [0.5, 0.6) is 5.75 Å². The number of amides is 2. The van der Waals surface area contributed by atoms with Crippen LogP contribution in [0.1, 0.15) is 18.4 Å². The van der Waals surface area contributed by atoms with Crippen molar-refractivity contribution in [3.8, 4) is 5.75 Å². The molecule has 0 saturated carbocycles. The standard InChI is InChI=1S/C17H20F2N2O3/c1-12-4-2-3-5-13(12)24-8-14(22)21-10-16(6-7-20-15(16)23)9-17(18,19)11-21/h2-5H,6-11H2,1H3,(H,20,23). The molecule has 1 spiro atoms. The molecule has 2 aliphatic rings. The maximum absolute atomic E-state index is 14.1. The van der Waals surface area contributed by atoms with Gasteiger partial charge in [-0.05, 0) is 25.0 Å². The van der Waals surface area contributed by atoms with E-state index in [-0.39, 0.29) is 19.1 Å². The van der Waals surface area contributed by atoms with Crippen molar-refractivity contribution in [1.82, 2.24) is 10.2 Å². The van der Waals surface area contributed by atoms with Crippen LogP contribution in [0, 0.1) is 12.3 Å². The van der Waals surface area contributed by atoms with Crippen molar-refractivity contribution < 1.29 is 23.1 Å². The van der Waals surface area contributed by atoms with E-state index in [2.05, 4.69) is 5.32 Å². The number of ether oxygens (including phenoxy) is 1. The Labute approximate surface area is 139 Å². The molecular formula is C17H20F2N2O3. The van der Waals surface area contributed by atoms with Crippen LogP contribution >= 0.6 is 0 Å². The van der Waals surface area contributed by atoms with Crippen LogP contribution in [-0.4, -0.2) is 48.9 Å². The number of nitrogens with zero attached hydrogens (tertiary/aromatic N) is 1. The van der Waals surface area contributed by atoms with Crippen molar-refractivity contribution in [1.29, 1.82) is 0 Å². The van der Waals surface area contributed by atoms with E-state index in [1.165, 1.54) is 0 Å². The summed E-state index contributed by atoms with van der Waals surface area (Å²) in [6.07, 6.45) is -0.182. The highest BCUT2D eigenvalue weighted by molar-refractivity contribution is 5.86. The summed E-state index contributed by atoms with van der Waals surface area (Å²) in [6, 6.07) is 7.18. The van der Waals surface area contributed by atoms with Gasteiger partial charge in [-0.1, -0.05) is 18.2 Å². The average molecular weight is 338 g/mol. The van der Waals surface area contributed by atoms with Crippen molar-refractivity contribution in [2.75, 3.05) is 26.2 Å². The normalized spacial score (nSPS) is 25.6. The van der Waals surface area contributed by atoms with Crippen molar-refractivity contribution in [3.05, 3.63) is 29.8 Å². The molecule has 2 fully saturated rings. The molecule has 2 heterocycles. The molecule has 7 heteroatoms. The number of piperidine rings is 1. The molecule has 0 aromatic heterocycles. The van der Waals surface area contributed by atoms with E-state index in [4.69, 9.17) is 4.74 Å². The molecule has 0 aliphatic carbocycles. The fraction of sp³-hybridized carbons (Fsp3) is 0.529. The van der Waals surface area contributed by atoms with Gasteiger partial charge in [0.05, 0.1) is 12.0 Å². The number of carbonyl (C=O) groups is 2. The monoisotopic (exact) mass is 338 g/mol. The van der Waals surface area contributed by atoms with Gasteiger partial charge in [0.2, 0.25) is 5.91 Å². The molecule has 2 amide bonds. The minimum absolute atomic E-state index is 0.0182. The second-order valence-electron chi connectivity index (χ2n) is 6.62. The Balaban J connectivity index is 1.70. The number of aryl methyl sites for hydroxylation is 1. The Kier molecular flexibility index (Phi) is 4.19. The van der Waals surface area contributed by atoms with Gasteiger partial charge in [-0.2, -0.15) is 0 Å². The second kappa shape index (κ2) is 6.03. The van der Waals surface area contributed by atoms with Crippen LogP contribution in [0.25, 0.3) is 0 Å². The summed E-state index contributed by atoms with van der Waals surface area (Å²) in [6.45, 7) is 1.24. The Bertz CT molecular complexity index is 665. The van der Waals surface area contributed by atoms with Crippen molar-refractivity contribution >= 4 is 11.8 Å². The Morgan fingerprint density at radius 1 is 1.33 bits per heavy atom. The molecule has 3 rings (SSSR count). The summed E-state index contributed by atoms with van der Waals surface area (Å²) in [5.41, 5.74) is -0.319. The molecule has 1 atom stereocenters. The molecule has 2 saturated heterocycles. The molecule has 1 unspecified atom stereocenters. The summed E-state index contributed by atoms with van der Waals surface area (Å²) in [7, 11) is 0. The first-order valence-electron chi connectivity index (χ1n) is 7.94. The van der Waals surface area contributed by atoms with Crippen molar-refractivity contribution in [3.63, 3.8) is 0 Å². The number of benzene rings is 1. The summed E-state index contributed by atoms with van der Waals surface area (Å²) in [5.74, 6) is -3.45. The van der Waals surface area contributed by atoms with E-state index in [0.29, 0.717) is 18.7 Å². The fourth-order valence-corrected chi connectivity index (χ4v) is 3.47. The number of nitrogens with one attached hydrogen (secondary N) is 1. The third-order valence-electron chi connectivity index (χ3n) is 4.68. The molecule has 1 aromatic rings. The summed E-state index contributed by atoms with van der Waals surface area (Å²) in [4.78, 5) is 25.4. The van der Waals surface area contributed by atoms with Gasteiger partial charge >= 0.3 is 0 Å². The van der Waals surface area contributed by atoms with Crippen LogP contribution in [0.4, 0.5) is 8.78 Å². The molecular weight excluding hydrogens is 318 g/mol. The zero-order valence-corrected chi connectivity index (χ0v) is 13.5. The summed E-state index contributed by atoms with van der Waals surface area (Å²) in [5, 5.41) is 2.60. The van der Waals surface area contributed by atoms with Gasteiger partial charge in [0.1, 0.15) is 5.75 Å². The van der Waals surface area contributed by atoms with Gasteiger partial charge in [0.25, 0.3) is 11.8 Å². The molecule has 24 heavy (non-hydrogen) atoms. The predicted molar refractivity (Wildman–Crippen MR) is 82.9 cm³/mol. The van der Waals surface area contributed by atoms with Crippen LogP contribution < -0.4 is 10.1 Å². The van der Waals surface area contributed by atoms with Crippen LogP contribution in [0.2, 0.25) is 0 Å². The molecule has 1 N–H and O–H groups in total. The highest BCUT2D eigenvalue weighted by Crippen LogP contribution is 2.43. The lowest BCUT2D eigenvalue weighted by Gasteiger charge is -2.42. The van der Waals surface area contributed by atoms with Gasteiger partial charge < -0.3 is 15.0 Å². The molecule has 130 valence electrons. The Morgan fingerprint density at radius 3 is 2.75 bits per heavy atom. The lowest BCUT2D eigenvalue weighted by Crippen LogP contribution is -2.57. The molecule has 0 bridgehead atoms. The first kappa shape index (κ1) is 16.7. The van der Waals surface area contributed by atoms with Crippen LogP contribution in [0.3, 0.4) is 0 Å². The number of carbonyl (C=O) groups excluding carboxylic acids is 2. The van der Waals surface area contributed by atoms with Gasteiger partial charge in [0, 0.05) is 19.5 Å². The lowest BCUT2D eigenvalue weighted by molar-refractivity contribution is -0.161. The fourth-order valence-electron chi connectivity index (χ4n) is 3.47. The van der Waals surface area contributed by atoms with Gasteiger partial charge in [0.15, 0.2) is 6.61 Å². The molecule has 1 aromatic carbocycles. The predicted octanol–water partition coefficient (Wildman–Crippen LogP) is 1.75. The smallest absolute Gasteiger partial charge is 0.266 e. The molecule has 0 radical (unpaired) electrons. The topological polar surface area (TPSA) is 58.6 Å². The highest BCUT2D eigenvalue weighted by Gasteiger charge is 2.55. The first-order chi connectivity index (χ1) is 11.3. The summed E-state index contributed by atoms with van der Waals surface area (Å²) >= 11 is 0. The third kappa shape index (κ3) is 3.20. The molecule has 2 aliphatic heterocycles. The zero-order valence-electron chi connectivity index (χ0n) is 13.5. The Morgan fingerprint density at radius 2 is 2.08 bits per heavy atom. The largest absolute Gasteiger partial charge is 0.484 e. The number of hydrogen-bond acceptors (Lipinski definition) is 3. The lowest BCUT2D eigenvalue weighted by atomic mass is 9.77. The molecule has 5 nitrogen and oxygen atoms in total. The number of alkyl halides is 2. The van der Waals surface area contributed by atoms with Crippen LogP contribution in [-0.2, 0) is 9.59 Å². The van der Waals surface area contributed by atoms with E-state index >= 15 is 0 Å². The number of hydrogen-bond donors (Lipinski definition) is 1. The first-order valence-corrected chi connectivity index (χ1v) is 7.94. The van der Waals surface area contributed by atoms with E-state index < -0.39 is 30.2 Å². The zero-order chi connectivity index (χ0) is 17.4. The number of likely N-dealkylation sites (tertiary alicyclic amines) is 1. The number of rotatable bonds is 3. The van der Waals surface area contributed by atoms with Crippen LogP contribution in [0.15, 0.2) is 24.3 Å².